The molecule has 9 nitrogen and oxygen atoms in total. The maximum Gasteiger partial charge on any atom is 0.343 e. The summed E-state index contributed by atoms with van der Waals surface area (Å²) in [6.45, 7) is 1.73. The number of rotatable bonds is 4. The Morgan fingerprint density at radius 1 is 1.37 bits per heavy atom. The van der Waals surface area contributed by atoms with E-state index in [0.717, 1.165) is 36.8 Å². The molecule has 4 atom stereocenters. The topological polar surface area (TPSA) is 109 Å². The van der Waals surface area contributed by atoms with Crippen molar-refractivity contribution in [2.75, 3.05) is 19.6 Å². The van der Waals surface area contributed by atoms with E-state index in [-0.39, 0.29) is 47.1 Å². The van der Waals surface area contributed by atoms with Crippen molar-refractivity contribution in [3.8, 4) is 0 Å². The summed E-state index contributed by atoms with van der Waals surface area (Å²) in [5, 5.41) is 7.10. The largest absolute Gasteiger partial charge is 0.369 e. The Kier molecular flexibility index (Phi) is 3.72. The zero-order chi connectivity index (χ0) is 18.8. The zero-order valence-electron chi connectivity index (χ0n) is 15.4. The van der Waals surface area contributed by atoms with Crippen LogP contribution in [0.4, 0.5) is 0 Å². The molecular weight excluding hydrogens is 350 g/mol. The minimum atomic E-state index is -0.398. The van der Waals surface area contributed by atoms with Crippen molar-refractivity contribution in [1.29, 1.82) is 0 Å². The fourth-order valence-electron chi connectivity index (χ4n) is 5.30. The van der Waals surface area contributed by atoms with Gasteiger partial charge in [-0.2, -0.15) is 0 Å². The predicted molar refractivity (Wildman–Crippen MR) is 93.9 cm³/mol. The first kappa shape index (κ1) is 17.0. The Labute approximate surface area is 156 Å². The van der Waals surface area contributed by atoms with Crippen LogP contribution in [-0.2, 0) is 16.6 Å². The van der Waals surface area contributed by atoms with Gasteiger partial charge < -0.3 is 15.0 Å². The molecule has 1 spiro atoms. The van der Waals surface area contributed by atoms with E-state index < -0.39 is 5.69 Å². The molecule has 4 aliphatic rings. The number of hydrogen-bond donors (Lipinski definition) is 2. The number of H-pyrrole nitrogens is 1. The highest BCUT2D eigenvalue weighted by Crippen LogP contribution is 2.54. The number of hydrogen-bond acceptors (Lipinski definition) is 5. The highest BCUT2D eigenvalue weighted by Gasteiger charge is 2.63. The second kappa shape index (κ2) is 5.92. The Balaban J connectivity index is 1.29. The molecule has 1 aliphatic carbocycles. The first-order valence-electron chi connectivity index (χ1n) is 9.85. The van der Waals surface area contributed by atoms with Crippen LogP contribution in [0.3, 0.4) is 0 Å². The van der Waals surface area contributed by atoms with Crippen LogP contribution < -0.4 is 11.0 Å². The van der Waals surface area contributed by atoms with Crippen molar-refractivity contribution in [3.63, 3.8) is 0 Å². The third-order valence-corrected chi connectivity index (χ3v) is 7.03. The highest BCUT2D eigenvalue weighted by molar-refractivity contribution is 5.90. The number of nitrogens with zero attached hydrogens (tertiary/aromatic N) is 3. The van der Waals surface area contributed by atoms with Crippen molar-refractivity contribution in [2.45, 2.75) is 43.8 Å². The van der Waals surface area contributed by atoms with Crippen molar-refractivity contribution in [3.05, 3.63) is 16.3 Å². The van der Waals surface area contributed by atoms with E-state index in [1.807, 2.05) is 0 Å². The van der Waals surface area contributed by atoms with Crippen molar-refractivity contribution < 1.29 is 14.3 Å². The SMILES string of the molecule is Cn1nc(C(=O)N2C[C@@H]3[C@H](CNC(=O)C4CCC4)[C@H]4CC[C@]3(C2)O4)[nH]c1=O. The van der Waals surface area contributed by atoms with E-state index in [4.69, 9.17) is 4.74 Å². The smallest absolute Gasteiger partial charge is 0.343 e. The van der Waals surface area contributed by atoms with E-state index in [1.165, 1.54) is 7.05 Å². The number of fused-ring (bicyclic) bond motifs is 1. The Morgan fingerprint density at radius 3 is 2.85 bits per heavy atom. The maximum absolute atomic E-state index is 12.8. The number of nitrogens with one attached hydrogen (secondary N) is 2. The lowest BCUT2D eigenvalue weighted by atomic mass is 9.73. The third kappa shape index (κ3) is 2.55. The van der Waals surface area contributed by atoms with Gasteiger partial charge in [0.1, 0.15) is 0 Å². The fraction of sp³-hybridized carbons (Fsp3) is 0.778. The minimum Gasteiger partial charge on any atom is -0.369 e. The van der Waals surface area contributed by atoms with Crippen LogP contribution in [0.1, 0.15) is 42.7 Å². The summed E-state index contributed by atoms with van der Waals surface area (Å²) in [6.07, 6.45) is 5.22. The van der Waals surface area contributed by atoms with E-state index in [9.17, 15) is 14.4 Å². The molecule has 0 aromatic carbocycles. The second-order valence-corrected chi connectivity index (χ2v) is 8.49. The normalized spacial score (nSPS) is 34.6. The molecule has 4 fully saturated rings. The molecule has 1 saturated carbocycles. The van der Waals surface area contributed by atoms with Crippen molar-refractivity contribution >= 4 is 11.8 Å². The van der Waals surface area contributed by atoms with E-state index >= 15 is 0 Å². The molecule has 0 unspecified atom stereocenters. The molecule has 3 aliphatic heterocycles. The zero-order valence-corrected chi connectivity index (χ0v) is 15.4. The van der Waals surface area contributed by atoms with E-state index in [0.29, 0.717) is 19.6 Å². The number of carbonyl (C=O) groups is 2. The van der Waals surface area contributed by atoms with Crippen LogP contribution in [0.25, 0.3) is 0 Å². The molecule has 1 aromatic heterocycles. The molecule has 4 heterocycles. The summed E-state index contributed by atoms with van der Waals surface area (Å²) in [6, 6.07) is 0. The number of amides is 2. The van der Waals surface area contributed by atoms with Gasteiger partial charge in [0.15, 0.2) is 0 Å². The van der Waals surface area contributed by atoms with Crippen LogP contribution in [0.2, 0.25) is 0 Å². The Bertz CT molecular complexity index is 843. The lowest BCUT2D eigenvalue weighted by Crippen LogP contribution is -2.44. The van der Waals surface area contributed by atoms with Crippen molar-refractivity contribution in [1.82, 2.24) is 25.0 Å². The van der Waals surface area contributed by atoms with Gasteiger partial charge in [0.05, 0.1) is 18.2 Å². The highest BCUT2D eigenvalue weighted by atomic mass is 16.5. The quantitative estimate of drug-likeness (QED) is 0.747. The molecule has 5 rings (SSSR count). The summed E-state index contributed by atoms with van der Waals surface area (Å²) >= 11 is 0. The van der Waals surface area contributed by atoms with Gasteiger partial charge in [0.2, 0.25) is 11.7 Å². The number of aromatic nitrogens is 3. The monoisotopic (exact) mass is 375 g/mol. The first-order valence-corrected chi connectivity index (χ1v) is 9.85. The van der Waals surface area contributed by atoms with Crippen molar-refractivity contribution in [2.24, 2.45) is 24.8 Å². The lowest BCUT2D eigenvalue weighted by molar-refractivity contribution is -0.127. The predicted octanol–water partition coefficient (Wildman–Crippen LogP) is -0.356. The molecule has 27 heavy (non-hydrogen) atoms. The number of aryl methyl sites for hydroxylation is 1. The summed E-state index contributed by atoms with van der Waals surface area (Å²) in [5.41, 5.74) is -0.703. The summed E-state index contributed by atoms with van der Waals surface area (Å²) in [5.74, 6) is 0.612. The Hall–Kier alpha value is -2.16. The van der Waals surface area contributed by atoms with Gasteiger partial charge in [-0.05, 0) is 25.7 Å². The van der Waals surface area contributed by atoms with Gasteiger partial charge in [-0.3, -0.25) is 14.6 Å². The van der Waals surface area contributed by atoms with Crippen LogP contribution in [0.15, 0.2) is 4.79 Å². The van der Waals surface area contributed by atoms with Crippen LogP contribution in [-0.4, -0.2) is 62.8 Å². The standard InChI is InChI=1S/C18H25N5O4/c1-22-17(26)20-14(21-22)16(25)23-8-12-11(7-19-15(24)10-3-2-4-10)13-5-6-18(12,9-23)27-13/h10-13H,2-9H2,1H3,(H,19,24)(H,20,21,26)/t11-,12+,13+,18+/m0/s1. The Morgan fingerprint density at radius 2 is 2.19 bits per heavy atom. The molecule has 2 N–H and O–H groups in total. The van der Waals surface area contributed by atoms with Gasteiger partial charge in [0.25, 0.3) is 5.91 Å². The van der Waals surface area contributed by atoms with Gasteiger partial charge >= 0.3 is 5.69 Å². The van der Waals surface area contributed by atoms with E-state index in [1.54, 1.807) is 4.90 Å². The molecule has 9 heteroatoms. The fourth-order valence-corrected chi connectivity index (χ4v) is 5.30. The summed E-state index contributed by atoms with van der Waals surface area (Å²) < 4.78 is 7.46. The molecular formula is C18H25N5O4. The molecule has 2 bridgehead atoms. The molecule has 1 aromatic rings. The van der Waals surface area contributed by atoms with Gasteiger partial charge in [-0.15, -0.1) is 5.10 Å². The maximum atomic E-state index is 12.8. The molecule has 3 saturated heterocycles. The summed E-state index contributed by atoms with van der Waals surface area (Å²) in [4.78, 5) is 40.8. The average molecular weight is 375 g/mol. The lowest BCUT2D eigenvalue weighted by Gasteiger charge is -2.30. The molecule has 2 amide bonds. The molecule has 0 radical (unpaired) electrons. The van der Waals surface area contributed by atoms with Crippen LogP contribution in [0.5, 0.6) is 0 Å². The van der Waals surface area contributed by atoms with Crippen LogP contribution in [0, 0.1) is 17.8 Å². The number of likely N-dealkylation sites (tertiary alicyclic amines) is 1. The third-order valence-electron chi connectivity index (χ3n) is 7.03. The average Bonchev–Trinajstić information content (AvgIpc) is 3.31. The van der Waals surface area contributed by atoms with Crippen LogP contribution >= 0.6 is 0 Å². The molecule has 146 valence electrons. The van der Waals surface area contributed by atoms with Gasteiger partial charge in [-0.1, -0.05) is 6.42 Å². The minimum absolute atomic E-state index is 0.0725. The second-order valence-electron chi connectivity index (χ2n) is 8.49. The number of ether oxygens (including phenoxy) is 1. The number of carbonyl (C=O) groups excluding carboxylic acids is 2. The first-order chi connectivity index (χ1) is 13.0. The number of aromatic amines is 1. The van der Waals surface area contributed by atoms with E-state index in [2.05, 4.69) is 15.4 Å². The van der Waals surface area contributed by atoms with Gasteiger partial charge in [-0.25, -0.2) is 9.48 Å². The summed E-state index contributed by atoms with van der Waals surface area (Å²) in [7, 11) is 1.51. The van der Waals surface area contributed by atoms with Gasteiger partial charge in [0, 0.05) is 37.9 Å².